The molecule has 1 aromatic heterocycles. The molecule has 2 heterocycles. The molecule has 3 rings (SSSR count). The number of aromatic nitrogens is 2. The Morgan fingerprint density at radius 3 is 2.26 bits per heavy atom. The molecule has 0 aliphatic carbocycles. The predicted octanol–water partition coefficient (Wildman–Crippen LogP) is 3.91. The van der Waals surface area contributed by atoms with E-state index < -0.39 is 0 Å². The van der Waals surface area contributed by atoms with E-state index in [9.17, 15) is 0 Å². The standard InChI is InChI=1S/C22H28ClN5O3/c1-3-29-19-11-16(12-20(21(19)23)30-4-2)15-28-8-5-17(6-9-28)27-22-25-13-18(14-26-22)31-10-7-24/h11-14,17H,3-6,8-10,15H2,1-2H3,(H,25,26,27). The van der Waals surface area contributed by atoms with E-state index in [0.717, 1.165) is 38.0 Å². The fraction of sp³-hybridized carbons (Fsp3) is 0.500. The van der Waals surface area contributed by atoms with Crippen molar-refractivity contribution >= 4 is 17.5 Å². The number of nitrogens with zero attached hydrogens (tertiary/aromatic N) is 4. The fourth-order valence-electron chi connectivity index (χ4n) is 3.50. The average Bonchev–Trinajstić information content (AvgIpc) is 2.78. The van der Waals surface area contributed by atoms with E-state index >= 15 is 0 Å². The second-order valence-corrected chi connectivity index (χ2v) is 7.53. The summed E-state index contributed by atoms with van der Waals surface area (Å²) < 4.78 is 16.6. The quantitative estimate of drug-likeness (QED) is 0.588. The number of hydrogen-bond acceptors (Lipinski definition) is 8. The van der Waals surface area contributed by atoms with Crippen molar-refractivity contribution in [3.63, 3.8) is 0 Å². The number of rotatable bonds is 10. The lowest BCUT2D eigenvalue weighted by molar-refractivity contribution is 0.210. The second-order valence-electron chi connectivity index (χ2n) is 7.16. The molecule has 0 saturated carbocycles. The summed E-state index contributed by atoms with van der Waals surface area (Å²) in [6.07, 6.45) is 5.13. The smallest absolute Gasteiger partial charge is 0.223 e. The van der Waals surface area contributed by atoms with Crippen molar-refractivity contribution in [3.8, 4) is 23.3 Å². The molecule has 0 atom stereocenters. The van der Waals surface area contributed by atoms with Crippen LogP contribution in [0.2, 0.25) is 5.02 Å². The van der Waals surface area contributed by atoms with Gasteiger partial charge in [-0.1, -0.05) is 11.6 Å². The fourth-order valence-corrected chi connectivity index (χ4v) is 3.71. The Morgan fingerprint density at radius 1 is 1.10 bits per heavy atom. The molecule has 0 amide bonds. The van der Waals surface area contributed by atoms with E-state index in [2.05, 4.69) is 20.2 Å². The number of halogens is 1. The van der Waals surface area contributed by atoms with Gasteiger partial charge >= 0.3 is 0 Å². The summed E-state index contributed by atoms with van der Waals surface area (Å²) in [7, 11) is 0. The van der Waals surface area contributed by atoms with Crippen molar-refractivity contribution in [3.05, 3.63) is 35.1 Å². The summed E-state index contributed by atoms with van der Waals surface area (Å²) in [5, 5.41) is 12.5. The highest BCUT2D eigenvalue weighted by Gasteiger charge is 2.21. The maximum Gasteiger partial charge on any atom is 0.223 e. The van der Waals surface area contributed by atoms with Crippen LogP contribution in [0.5, 0.6) is 17.2 Å². The zero-order chi connectivity index (χ0) is 22.1. The van der Waals surface area contributed by atoms with Crippen LogP contribution < -0.4 is 19.5 Å². The van der Waals surface area contributed by atoms with Crippen LogP contribution in [0.3, 0.4) is 0 Å². The van der Waals surface area contributed by atoms with Crippen molar-refractivity contribution < 1.29 is 14.2 Å². The number of ether oxygens (including phenoxy) is 3. The second kappa shape index (κ2) is 11.6. The molecule has 0 radical (unpaired) electrons. The third kappa shape index (κ3) is 6.61. The summed E-state index contributed by atoms with van der Waals surface area (Å²) >= 11 is 6.41. The molecule has 1 aliphatic heterocycles. The van der Waals surface area contributed by atoms with Crippen molar-refractivity contribution in [1.29, 1.82) is 5.26 Å². The molecule has 31 heavy (non-hydrogen) atoms. The first-order chi connectivity index (χ1) is 15.1. The Balaban J connectivity index is 1.53. The van der Waals surface area contributed by atoms with Crippen LogP contribution in [-0.4, -0.2) is 53.8 Å². The number of anilines is 1. The Hall–Kier alpha value is -2.76. The van der Waals surface area contributed by atoms with Gasteiger partial charge in [0.2, 0.25) is 5.95 Å². The normalized spacial score (nSPS) is 14.6. The van der Waals surface area contributed by atoms with E-state index in [1.165, 1.54) is 0 Å². The van der Waals surface area contributed by atoms with E-state index in [4.69, 9.17) is 31.1 Å². The van der Waals surface area contributed by atoms with Gasteiger partial charge in [0.15, 0.2) is 12.4 Å². The Bertz CT molecular complexity index is 853. The molecule has 1 aliphatic rings. The summed E-state index contributed by atoms with van der Waals surface area (Å²) in [4.78, 5) is 10.9. The van der Waals surface area contributed by atoms with Gasteiger partial charge in [0.25, 0.3) is 0 Å². The summed E-state index contributed by atoms with van der Waals surface area (Å²) in [6, 6.07) is 6.24. The monoisotopic (exact) mass is 445 g/mol. The number of nitriles is 1. The van der Waals surface area contributed by atoms with Crippen LogP contribution in [0.15, 0.2) is 24.5 Å². The minimum Gasteiger partial charge on any atom is -0.492 e. The molecular weight excluding hydrogens is 418 g/mol. The van der Waals surface area contributed by atoms with Crippen molar-refractivity contribution in [1.82, 2.24) is 14.9 Å². The molecule has 0 unspecified atom stereocenters. The highest BCUT2D eigenvalue weighted by atomic mass is 35.5. The summed E-state index contributed by atoms with van der Waals surface area (Å²) in [5.74, 6) is 2.40. The van der Waals surface area contributed by atoms with Gasteiger partial charge in [-0.25, -0.2) is 9.97 Å². The van der Waals surface area contributed by atoms with Gasteiger partial charge in [-0.15, -0.1) is 0 Å². The first-order valence-corrected chi connectivity index (χ1v) is 10.9. The zero-order valence-corrected chi connectivity index (χ0v) is 18.7. The number of benzene rings is 1. The molecule has 166 valence electrons. The largest absolute Gasteiger partial charge is 0.492 e. The lowest BCUT2D eigenvalue weighted by Crippen LogP contribution is -2.39. The predicted molar refractivity (Wildman–Crippen MR) is 119 cm³/mol. The molecule has 0 spiro atoms. The van der Waals surface area contributed by atoms with Crippen LogP contribution in [0.25, 0.3) is 0 Å². The zero-order valence-electron chi connectivity index (χ0n) is 17.9. The third-order valence-corrected chi connectivity index (χ3v) is 5.30. The van der Waals surface area contributed by atoms with Gasteiger partial charge in [-0.2, -0.15) is 5.26 Å². The Labute approximate surface area is 188 Å². The number of likely N-dealkylation sites (tertiary alicyclic amines) is 1. The van der Waals surface area contributed by atoms with E-state index in [1.807, 2.05) is 32.0 Å². The molecule has 1 N–H and O–H groups in total. The molecule has 9 heteroatoms. The van der Waals surface area contributed by atoms with Crippen LogP contribution in [0.1, 0.15) is 32.3 Å². The van der Waals surface area contributed by atoms with E-state index in [-0.39, 0.29) is 6.61 Å². The summed E-state index contributed by atoms with van der Waals surface area (Å²) in [6.45, 7) is 7.70. The molecular formula is C22H28ClN5O3. The SMILES string of the molecule is CCOc1cc(CN2CCC(Nc3ncc(OCC#N)cn3)CC2)cc(OCC)c1Cl. The maximum absolute atomic E-state index is 8.55. The first-order valence-electron chi connectivity index (χ1n) is 10.5. The number of piperidine rings is 1. The lowest BCUT2D eigenvalue weighted by Gasteiger charge is -2.32. The number of nitrogens with one attached hydrogen (secondary N) is 1. The topological polar surface area (TPSA) is 92.5 Å². The van der Waals surface area contributed by atoms with E-state index in [1.54, 1.807) is 12.4 Å². The minimum absolute atomic E-state index is 0.0136. The third-order valence-electron chi connectivity index (χ3n) is 4.92. The highest BCUT2D eigenvalue weighted by molar-refractivity contribution is 6.33. The molecule has 1 fully saturated rings. The van der Waals surface area contributed by atoms with Gasteiger partial charge in [-0.3, -0.25) is 4.90 Å². The Kier molecular flexibility index (Phi) is 8.56. The highest BCUT2D eigenvalue weighted by Crippen LogP contribution is 2.36. The van der Waals surface area contributed by atoms with Gasteiger partial charge in [0.1, 0.15) is 22.6 Å². The average molecular weight is 446 g/mol. The van der Waals surface area contributed by atoms with Gasteiger partial charge in [-0.05, 0) is 44.4 Å². The van der Waals surface area contributed by atoms with Crippen LogP contribution in [0.4, 0.5) is 5.95 Å². The van der Waals surface area contributed by atoms with Gasteiger partial charge in [0.05, 0.1) is 25.6 Å². The maximum atomic E-state index is 8.55. The Morgan fingerprint density at radius 2 is 1.71 bits per heavy atom. The van der Waals surface area contributed by atoms with Crippen LogP contribution >= 0.6 is 11.6 Å². The van der Waals surface area contributed by atoms with Crippen LogP contribution in [0, 0.1) is 11.3 Å². The van der Waals surface area contributed by atoms with Crippen molar-refractivity contribution in [2.24, 2.45) is 0 Å². The van der Waals surface area contributed by atoms with Crippen molar-refractivity contribution in [2.75, 3.05) is 38.2 Å². The van der Waals surface area contributed by atoms with Crippen LogP contribution in [-0.2, 0) is 6.54 Å². The molecule has 8 nitrogen and oxygen atoms in total. The molecule has 0 bridgehead atoms. The number of hydrogen-bond donors (Lipinski definition) is 1. The van der Waals surface area contributed by atoms with E-state index in [0.29, 0.717) is 47.5 Å². The minimum atomic E-state index is -0.0136. The molecule has 1 saturated heterocycles. The molecule has 1 aromatic carbocycles. The van der Waals surface area contributed by atoms with Crippen molar-refractivity contribution in [2.45, 2.75) is 39.3 Å². The lowest BCUT2D eigenvalue weighted by atomic mass is 10.0. The summed E-state index contributed by atoms with van der Waals surface area (Å²) in [5.41, 5.74) is 1.12. The first kappa shape index (κ1) is 22.9. The van der Waals surface area contributed by atoms with Gasteiger partial charge < -0.3 is 19.5 Å². The molecule has 2 aromatic rings. The van der Waals surface area contributed by atoms with Gasteiger partial charge in [0, 0.05) is 25.7 Å².